The van der Waals surface area contributed by atoms with Gasteiger partial charge in [0.05, 0.1) is 13.3 Å². The van der Waals surface area contributed by atoms with Gasteiger partial charge in [0.15, 0.2) is 18.1 Å². The predicted molar refractivity (Wildman–Crippen MR) is 101 cm³/mol. The molecule has 0 bridgehead atoms. The maximum atomic E-state index is 11.9. The summed E-state index contributed by atoms with van der Waals surface area (Å²) in [4.78, 5) is 11.9. The van der Waals surface area contributed by atoms with Gasteiger partial charge < -0.3 is 20.6 Å². The minimum absolute atomic E-state index is 0.0953. The Hall–Kier alpha value is -2.54. The number of hydrogen-bond donors (Lipinski definition) is 2. The average molecular weight is 406 g/mol. The maximum absolute atomic E-state index is 11.9. The van der Waals surface area contributed by atoms with E-state index < -0.39 is 0 Å². The number of benzene rings is 2. The van der Waals surface area contributed by atoms with Crippen LogP contribution in [0.4, 0.5) is 0 Å². The quantitative estimate of drug-likeness (QED) is 0.401. The Balaban J connectivity index is 1.87. The first-order chi connectivity index (χ1) is 12.1. The van der Waals surface area contributed by atoms with Crippen LogP contribution in [0.2, 0.25) is 0 Å². The number of nitrogens with one attached hydrogen (secondary N) is 1. The fraction of sp³-hybridized carbons (Fsp3) is 0.222. The summed E-state index contributed by atoms with van der Waals surface area (Å²) >= 11 is 3.40. The van der Waals surface area contributed by atoms with Crippen molar-refractivity contribution in [2.45, 2.75) is 6.42 Å². The number of methoxy groups -OCH3 is 1. The lowest BCUT2D eigenvalue weighted by Gasteiger charge is -2.12. The third-order valence-electron chi connectivity index (χ3n) is 3.43. The van der Waals surface area contributed by atoms with E-state index in [0.29, 0.717) is 18.0 Å². The van der Waals surface area contributed by atoms with Gasteiger partial charge in [-0.2, -0.15) is 5.10 Å². The number of hydrogen-bond acceptors (Lipinski definition) is 5. The molecule has 3 N–H and O–H groups in total. The summed E-state index contributed by atoms with van der Waals surface area (Å²) in [6.45, 7) is 0.459. The van der Waals surface area contributed by atoms with Crippen LogP contribution in [0.15, 0.2) is 52.0 Å². The standard InChI is InChI=1S/C18H20BrN3O3/c1-24-16-9-14(11-22-20)15(19)10-17(16)25-12-18(23)21-8-7-13-5-3-2-4-6-13/h2-6,9-11H,7-8,12,20H2,1H3,(H,21,23). The van der Waals surface area contributed by atoms with Gasteiger partial charge in [0.1, 0.15) is 0 Å². The van der Waals surface area contributed by atoms with Crippen LogP contribution in [0.25, 0.3) is 0 Å². The molecular formula is C18H20BrN3O3. The molecule has 132 valence electrons. The van der Waals surface area contributed by atoms with E-state index in [0.717, 1.165) is 16.5 Å². The van der Waals surface area contributed by atoms with Gasteiger partial charge >= 0.3 is 0 Å². The van der Waals surface area contributed by atoms with E-state index in [1.165, 1.54) is 18.9 Å². The van der Waals surface area contributed by atoms with Crippen LogP contribution in [-0.4, -0.2) is 32.4 Å². The molecule has 0 unspecified atom stereocenters. The van der Waals surface area contributed by atoms with E-state index in [9.17, 15) is 4.79 Å². The van der Waals surface area contributed by atoms with Gasteiger partial charge in [-0.05, 0) is 40.0 Å². The Bertz CT molecular complexity index is 736. The molecule has 0 fully saturated rings. The lowest BCUT2D eigenvalue weighted by molar-refractivity contribution is -0.123. The Kier molecular flexibility index (Phi) is 7.28. The molecule has 0 saturated carbocycles. The summed E-state index contributed by atoms with van der Waals surface area (Å²) in [6.07, 6.45) is 2.27. The molecule has 1 amide bonds. The number of nitrogens with two attached hydrogens (primary N) is 1. The molecule has 0 radical (unpaired) electrons. The fourth-order valence-corrected chi connectivity index (χ4v) is 2.61. The van der Waals surface area contributed by atoms with Crippen LogP contribution in [-0.2, 0) is 11.2 Å². The minimum atomic E-state index is -0.193. The minimum Gasteiger partial charge on any atom is -0.493 e. The molecule has 2 rings (SSSR count). The molecule has 2 aromatic carbocycles. The van der Waals surface area contributed by atoms with Gasteiger partial charge in [0, 0.05) is 16.6 Å². The molecule has 0 aliphatic rings. The van der Waals surface area contributed by atoms with Crippen LogP contribution in [0.5, 0.6) is 11.5 Å². The van der Waals surface area contributed by atoms with Gasteiger partial charge in [-0.1, -0.05) is 30.3 Å². The number of hydrazone groups is 1. The Morgan fingerprint density at radius 1 is 1.28 bits per heavy atom. The highest BCUT2D eigenvalue weighted by molar-refractivity contribution is 9.10. The summed E-state index contributed by atoms with van der Waals surface area (Å²) in [5.41, 5.74) is 1.92. The highest BCUT2D eigenvalue weighted by Crippen LogP contribution is 2.32. The van der Waals surface area contributed by atoms with Crippen molar-refractivity contribution in [2.75, 3.05) is 20.3 Å². The monoisotopic (exact) mass is 405 g/mol. The molecule has 0 heterocycles. The van der Waals surface area contributed by atoms with Crippen LogP contribution < -0.4 is 20.6 Å². The van der Waals surface area contributed by atoms with Gasteiger partial charge in [-0.3, -0.25) is 4.79 Å². The summed E-state index contributed by atoms with van der Waals surface area (Å²) in [5.74, 6) is 5.93. The second-order valence-electron chi connectivity index (χ2n) is 5.18. The molecule has 0 aliphatic heterocycles. The summed E-state index contributed by atoms with van der Waals surface area (Å²) in [7, 11) is 1.53. The van der Waals surface area contributed by atoms with Crippen molar-refractivity contribution < 1.29 is 14.3 Å². The molecule has 6 nitrogen and oxygen atoms in total. The van der Waals surface area contributed by atoms with E-state index in [1.54, 1.807) is 12.1 Å². The molecule has 0 aromatic heterocycles. The van der Waals surface area contributed by atoms with Crippen molar-refractivity contribution in [3.63, 3.8) is 0 Å². The van der Waals surface area contributed by atoms with Crippen molar-refractivity contribution >= 4 is 28.1 Å². The van der Waals surface area contributed by atoms with E-state index in [4.69, 9.17) is 15.3 Å². The van der Waals surface area contributed by atoms with E-state index in [-0.39, 0.29) is 12.5 Å². The third-order valence-corrected chi connectivity index (χ3v) is 4.12. The van der Waals surface area contributed by atoms with E-state index in [1.807, 2.05) is 30.3 Å². The Morgan fingerprint density at radius 3 is 2.72 bits per heavy atom. The molecule has 0 saturated heterocycles. The third kappa shape index (κ3) is 5.79. The lowest BCUT2D eigenvalue weighted by atomic mass is 10.1. The van der Waals surface area contributed by atoms with Crippen molar-refractivity contribution in [1.29, 1.82) is 0 Å². The van der Waals surface area contributed by atoms with Crippen molar-refractivity contribution in [3.05, 3.63) is 58.1 Å². The van der Waals surface area contributed by atoms with E-state index >= 15 is 0 Å². The summed E-state index contributed by atoms with van der Waals surface area (Å²) in [5, 5.41) is 6.32. The topological polar surface area (TPSA) is 85.9 Å². The highest BCUT2D eigenvalue weighted by atomic mass is 79.9. The second kappa shape index (κ2) is 9.68. The van der Waals surface area contributed by atoms with Crippen molar-refractivity contribution in [1.82, 2.24) is 5.32 Å². The molecule has 0 spiro atoms. The van der Waals surface area contributed by atoms with Crippen molar-refractivity contribution in [2.24, 2.45) is 10.9 Å². The van der Waals surface area contributed by atoms with Gasteiger partial charge in [-0.25, -0.2) is 0 Å². The lowest BCUT2D eigenvalue weighted by Crippen LogP contribution is -2.30. The van der Waals surface area contributed by atoms with Crippen molar-refractivity contribution in [3.8, 4) is 11.5 Å². The summed E-state index contributed by atoms with van der Waals surface area (Å²) in [6, 6.07) is 13.4. The normalized spacial score (nSPS) is 10.6. The molecule has 2 aromatic rings. The number of amides is 1. The van der Waals surface area contributed by atoms with Crippen LogP contribution in [0.1, 0.15) is 11.1 Å². The van der Waals surface area contributed by atoms with Crippen LogP contribution >= 0.6 is 15.9 Å². The van der Waals surface area contributed by atoms with Gasteiger partial charge in [-0.15, -0.1) is 0 Å². The Morgan fingerprint density at radius 2 is 2.04 bits per heavy atom. The number of carbonyl (C=O) groups is 1. The van der Waals surface area contributed by atoms with Crippen LogP contribution in [0.3, 0.4) is 0 Å². The maximum Gasteiger partial charge on any atom is 0.257 e. The zero-order valence-corrected chi connectivity index (χ0v) is 15.5. The average Bonchev–Trinajstić information content (AvgIpc) is 2.63. The fourth-order valence-electron chi connectivity index (χ4n) is 2.19. The Labute approximate surface area is 155 Å². The first-order valence-corrected chi connectivity index (χ1v) is 8.47. The zero-order valence-electron chi connectivity index (χ0n) is 13.9. The number of nitrogens with zero attached hydrogens (tertiary/aromatic N) is 1. The van der Waals surface area contributed by atoms with Gasteiger partial charge in [0.2, 0.25) is 0 Å². The second-order valence-corrected chi connectivity index (χ2v) is 6.03. The number of halogens is 1. The number of rotatable bonds is 8. The SMILES string of the molecule is COc1cc(C=NN)c(Br)cc1OCC(=O)NCCc1ccccc1. The first kappa shape index (κ1) is 18.8. The highest BCUT2D eigenvalue weighted by Gasteiger charge is 2.11. The first-order valence-electron chi connectivity index (χ1n) is 7.68. The molecular weight excluding hydrogens is 386 g/mol. The van der Waals surface area contributed by atoms with E-state index in [2.05, 4.69) is 26.3 Å². The largest absolute Gasteiger partial charge is 0.493 e. The van der Waals surface area contributed by atoms with Crippen LogP contribution in [0, 0.1) is 0 Å². The number of carbonyl (C=O) groups excluding carboxylic acids is 1. The molecule has 0 aliphatic carbocycles. The number of ether oxygens (including phenoxy) is 2. The smallest absolute Gasteiger partial charge is 0.257 e. The molecule has 0 atom stereocenters. The molecule has 25 heavy (non-hydrogen) atoms. The molecule has 7 heteroatoms. The summed E-state index contributed by atoms with van der Waals surface area (Å²) < 4.78 is 11.6. The predicted octanol–water partition coefficient (Wildman–Crippen LogP) is 2.49. The van der Waals surface area contributed by atoms with Gasteiger partial charge in [0.25, 0.3) is 5.91 Å². The zero-order chi connectivity index (χ0) is 18.1.